The quantitative estimate of drug-likeness (QED) is 0.889. The maximum absolute atomic E-state index is 11.7. The predicted octanol–water partition coefficient (Wildman–Crippen LogP) is 1.25. The largest absolute Gasteiger partial charge is 0.369 e. The van der Waals surface area contributed by atoms with Crippen LogP contribution in [0.2, 0.25) is 0 Å². The van der Waals surface area contributed by atoms with E-state index in [4.69, 9.17) is 0 Å². The lowest BCUT2D eigenvalue weighted by Gasteiger charge is -2.39. The van der Waals surface area contributed by atoms with Gasteiger partial charge in [0.2, 0.25) is 5.91 Å². The van der Waals surface area contributed by atoms with Crippen LogP contribution in [0.5, 0.6) is 0 Å². The highest BCUT2D eigenvalue weighted by Gasteiger charge is 2.25. The summed E-state index contributed by atoms with van der Waals surface area (Å²) in [6, 6.07) is 8.44. The van der Waals surface area contributed by atoms with Crippen molar-refractivity contribution in [2.75, 3.05) is 38.1 Å². The Morgan fingerprint density at radius 1 is 1.21 bits per heavy atom. The summed E-state index contributed by atoms with van der Waals surface area (Å²) in [4.78, 5) is 16.3. The first-order valence-electron chi connectivity index (χ1n) is 6.89. The van der Waals surface area contributed by atoms with E-state index in [1.807, 2.05) is 6.92 Å². The highest BCUT2D eigenvalue weighted by molar-refractivity contribution is 5.81. The molecule has 19 heavy (non-hydrogen) atoms. The van der Waals surface area contributed by atoms with Gasteiger partial charge in [0.05, 0.1) is 6.04 Å². The minimum Gasteiger partial charge on any atom is -0.369 e. The van der Waals surface area contributed by atoms with Crippen molar-refractivity contribution in [1.29, 1.82) is 0 Å². The Hall–Kier alpha value is -1.55. The maximum Gasteiger partial charge on any atom is 0.236 e. The van der Waals surface area contributed by atoms with E-state index < -0.39 is 0 Å². The number of likely N-dealkylation sites (N-methyl/N-ethyl adjacent to an activating group) is 1. The van der Waals surface area contributed by atoms with Crippen molar-refractivity contribution in [1.82, 2.24) is 10.2 Å². The molecule has 2 rings (SSSR count). The van der Waals surface area contributed by atoms with E-state index in [1.165, 1.54) is 11.3 Å². The number of amides is 1. The van der Waals surface area contributed by atoms with Gasteiger partial charge in [0.15, 0.2) is 0 Å². The third-order valence-electron chi connectivity index (χ3n) is 3.94. The Labute approximate surface area is 115 Å². The van der Waals surface area contributed by atoms with E-state index in [0.717, 1.165) is 26.2 Å². The van der Waals surface area contributed by atoms with E-state index in [9.17, 15) is 4.79 Å². The van der Waals surface area contributed by atoms with Crippen LogP contribution < -0.4 is 10.2 Å². The zero-order valence-electron chi connectivity index (χ0n) is 12.0. The normalized spacial score (nSPS) is 18.2. The Bertz CT molecular complexity index is 439. The molecule has 0 radical (unpaired) electrons. The highest BCUT2D eigenvalue weighted by atomic mass is 16.2. The minimum absolute atomic E-state index is 0.0379. The summed E-state index contributed by atoms with van der Waals surface area (Å²) in [5, 5.41) is 2.72. The van der Waals surface area contributed by atoms with Gasteiger partial charge in [-0.1, -0.05) is 18.2 Å². The van der Waals surface area contributed by atoms with Crippen LogP contribution in [-0.4, -0.2) is 50.1 Å². The summed E-state index contributed by atoms with van der Waals surface area (Å²) in [6.07, 6.45) is 0. The average molecular weight is 261 g/mol. The van der Waals surface area contributed by atoms with Crippen LogP contribution in [0.1, 0.15) is 12.5 Å². The number of nitrogens with one attached hydrogen (secondary N) is 1. The Morgan fingerprint density at radius 3 is 2.42 bits per heavy atom. The van der Waals surface area contributed by atoms with Crippen LogP contribution in [0.4, 0.5) is 5.69 Å². The van der Waals surface area contributed by atoms with Crippen molar-refractivity contribution in [3.05, 3.63) is 29.8 Å². The maximum atomic E-state index is 11.7. The van der Waals surface area contributed by atoms with Crippen molar-refractivity contribution < 1.29 is 4.79 Å². The van der Waals surface area contributed by atoms with Gasteiger partial charge in [0.1, 0.15) is 0 Å². The number of piperazine rings is 1. The van der Waals surface area contributed by atoms with Gasteiger partial charge in [0.25, 0.3) is 0 Å². The van der Waals surface area contributed by atoms with Gasteiger partial charge >= 0.3 is 0 Å². The molecule has 1 amide bonds. The molecule has 1 aliphatic rings. The van der Waals surface area contributed by atoms with Crippen LogP contribution in [0.15, 0.2) is 24.3 Å². The fourth-order valence-electron chi connectivity index (χ4n) is 2.64. The monoisotopic (exact) mass is 261 g/mol. The summed E-state index contributed by atoms with van der Waals surface area (Å²) < 4.78 is 0. The van der Waals surface area contributed by atoms with Crippen molar-refractivity contribution >= 4 is 11.6 Å². The Balaban J connectivity index is 1.96. The summed E-state index contributed by atoms with van der Waals surface area (Å²) in [5.74, 6) is 0.101. The van der Waals surface area contributed by atoms with Gasteiger partial charge in [-0.25, -0.2) is 0 Å². The molecule has 4 heteroatoms. The molecule has 4 nitrogen and oxygen atoms in total. The van der Waals surface area contributed by atoms with Gasteiger partial charge in [0, 0.05) is 38.9 Å². The molecule has 1 saturated heterocycles. The lowest BCUT2D eigenvalue weighted by atomic mass is 10.1. The van der Waals surface area contributed by atoms with Crippen molar-refractivity contribution in [2.45, 2.75) is 19.9 Å². The molecular formula is C15H23N3O. The number of benzene rings is 1. The number of anilines is 1. The number of para-hydroxylation sites is 1. The molecule has 104 valence electrons. The molecule has 1 heterocycles. The third-order valence-corrected chi connectivity index (χ3v) is 3.94. The summed E-state index contributed by atoms with van der Waals surface area (Å²) in [6.45, 7) is 7.95. The first-order chi connectivity index (χ1) is 9.13. The molecule has 0 aliphatic carbocycles. The summed E-state index contributed by atoms with van der Waals surface area (Å²) in [7, 11) is 1.70. The van der Waals surface area contributed by atoms with E-state index in [1.54, 1.807) is 7.05 Å². The van der Waals surface area contributed by atoms with Gasteiger partial charge in [-0.2, -0.15) is 0 Å². The van der Waals surface area contributed by atoms with E-state index in [2.05, 4.69) is 46.3 Å². The number of rotatable bonds is 3. The van der Waals surface area contributed by atoms with E-state index in [-0.39, 0.29) is 11.9 Å². The first kappa shape index (κ1) is 13.9. The highest BCUT2D eigenvalue weighted by Crippen LogP contribution is 2.21. The fourth-order valence-corrected chi connectivity index (χ4v) is 2.64. The van der Waals surface area contributed by atoms with Crippen molar-refractivity contribution in [3.8, 4) is 0 Å². The smallest absolute Gasteiger partial charge is 0.236 e. The number of nitrogens with zero attached hydrogens (tertiary/aromatic N) is 2. The van der Waals surface area contributed by atoms with Crippen LogP contribution in [0.25, 0.3) is 0 Å². The molecule has 0 saturated carbocycles. The number of carbonyl (C=O) groups is 1. The lowest BCUT2D eigenvalue weighted by molar-refractivity contribution is -0.125. The average Bonchev–Trinajstić information content (AvgIpc) is 2.46. The van der Waals surface area contributed by atoms with Gasteiger partial charge in [-0.15, -0.1) is 0 Å². The van der Waals surface area contributed by atoms with Crippen LogP contribution in [-0.2, 0) is 4.79 Å². The summed E-state index contributed by atoms with van der Waals surface area (Å²) >= 11 is 0. The third kappa shape index (κ3) is 3.07. The Morgan fingerprint density at radius 2 is 1.84 bits per heavy atom. The number of aryl methyl sites for hydroxylation is 1. The van der Waals surface area contributed by atoms with Gasteiger partial charge in [-0.05, 0) is 25.5 Å². The molecule has 0 aromatic heterocycles. The Kier molecular flexibility index (Phi) is 4.43. The molecule has 1 aromatic rings. The van der Waals surface area contributed by atoms with Crippen LogP contribution >= 0.6 is 0 Å². The molecule has 1 fully saturated rings. The van der Waals surface area contributed by atoms with Crippen LogP contribution in [0, 0.1) is 6.92 Å². The molecule has 0 spiro atoms. The topological polar surface area (TPSA) is 35.6 Å². The zero-order valence-corrected chi connectivity index (χ0v) is 12.0. The van der Waals surface area contributed by atoms with Crippen LogP contribution in [0.3, 0.4) is 0 Å². The van der Waals surface area contributed by atoms with Gasteiger partial charge in [-0.3, -0.25) is 9.69 Å². The molecular weight excluding hydrogens is 238 g/mol. The van der Waals surface area contributed by atoms with Gasteiger partial charge < -0.3 is 10.2 Å². The van der Waals surface area contributed by atoms with E-state index in [0.29, 0.717) is 0 Å². The standard InChI is InChI=1S/C15H23N3O/c1-12-6-4-5-7-14(12)18-10-8-17(9-11-18)13(2)15(19)16-3/h4-7,13H,8-11H2,1-3H3,(H,16,19)/t13-/m1/s1. The second kappa shape index (κ2) is 6.06. The number of carbonyl (C=O) groups excluding carboxylic acids is 1. The number of hydrogen-bond acceptors (Lipinski definition) is 3. The molecule has 1 N–H and O–H groups in total. The minimum atomic E-state index is -0.0379. The second-order valence-electron chi connectivity index (χ2n) is 5.10. The molecule has 1 aromatic carbocycles. The zero-order chi connectivity index (χ0) is 13.8. The van der Waals surface area contributed by atoms with Crippen molar-refractivity contribution in [3.63, 3.8) is 0 Å². The molecule has 1 atom stereocenters. The van der Waals surface area contributed by atoms with E-state index >= 15 is 0 Å². The SMILES string of the molecule is CNC(=O)[C@@H](C)N1CCN(c2ccccc2C)CC1. The molecule has 1 aliphatic heterocycles. The first-order valence-corrected chi connectivity index (χ1v) is 6.89. The molecule has 0 bridgehead atoms. The summed E-state index contributed by atoms with van der Waals surface area (Å²) in [5.41, 5.74) is 2.63. The number of hydrogen-bond donors (Lipinski definition) is 1. The molecule has 0 unspecified atom stereocenters. The van der Waals surface area contributed by atoms with Crippen molar-refractivity contribution in [2.24, 2.45) is 0 Å². The predicted molar refractivity (Wildman–Crippen MR) is 78.5 cm³/mol. The lowest BCUT2D eigenvalue weighted by Crippen LogP contribution is -2.53. The second-order valence-corrected chi connectivity index (χ2v) is 5.10. The fraction of sp³-hybridized carbons (Fsp3) is 0.533.